The maximum Gasteiger partial charge on any atom is 0.294 e. The molecular formula is C20H29N7O7. The Morgan fingerprint density at radius 3 is 2.74 bits per heavy atom. The largest absolute Gasteiger partial charge is 0.494 e. The minimum absolute atomic E-state index is 0.0454. The predicted octanol–water partition coefficient (Wildman–Crippen LogP) is 1.24. The Kier molecular flexibility index (Phi) is 11.7. The molecule has 1 atom stereocenters. The summed E-state index contributed by atoms with van der Waals surface area (Å²) in [6.45, 7) is 2.95. The highest BCUT2D eigenvalue weighted by Gasteiger charge is 2.16. The molecule has 1 heterocycles. The molecule has 2 rings (SSSR count). The average molecular weight is 479 g/mol. The van der Waals surface area contributed by atoms with Crippen LogP contribution in [0.25, 0.3) is 0 Å². The molecule has 1 fully saturated rings. The van der Waals surface area contributed by atoms with Crippen LogP contribution in [0.2, 0.25) is 0 Å². The lowest BCUT2D eigenvalue weighted by Crippen LogP contribution is -2.37. The summed E-state index contributed by atoms with van der Waals surface area (Å²) in [5.74, 6) is 0.827. The first kappa shape index (κ1) is 26.4. The van der Waals surface area contributed by atoms with Crippen molar-refractivity contribution in [2.45, 2.75) is 38.3 Å². The van der Waals surface area contributed by atoms with Crippen LogP contribution in [0.3, 0.4) is 0 Å². The van der Waals surface area contributed by atoms with Crippen molar-refractivity contribution in [1.82, 2.24) is 15.5 Å². The first-order valence-electron chi connectivity index (χ1n) is 10.9. The summed E-state index contributed by atoms with van der Waals surface area (Å²) < 4.78 is 5.81. The molecule has 0 aliphatic carbocycles. The molecule has 0 spiro atoms. The van der Waals surface area contributed by atoms with E-state index >= 15 is 0 Å². The van der Waals surface area contributed by atoms with Gasteiger partial charge in [-0.15, -0.1) is 20.2 Å². The van der Waals surface area contributed by atoms with Gasteiger partial charge in [0.05, 0.1) is 13.2 Å². The number of nitriles is 1. The van der Waals surface area contributed by atoms with Gasteiger partial charge in [0.15, 0.2) is 12.3 Å². The lowest BCUT2D eigenvalue weighted by Gasteiger charge is -2.26. The molecule has 1 aliphatic rings. The minimum atomic E-state index is -1.31. The van der Waals surface area contributed by atoms with Crippen molar-refractivity contribution in [2.75, 3.05) is 39.4 Å². The molecule has 1 unspecified atom stereocenters. The number of guanidine groups is 1. The van der Waals surface area contributed by atoms with E-state index in [0.29, 0.717) is 19.6 Å². The molecule has 1 saturated heterocycles. The summed E-state index contributed by atoms with van der Waals surface area (Å²) >= 11 is 0. The van der Waals surface area contributed by atoms with E-state index in [-0.39, 0.29) is 12.5 Å². The number of benzene rings is 1. The molecule has 0 bridgehead atoms. The third-order valence-corrected chi connectivity index (χ3v) is 4.86. The van der Waals surface area contributed by atoms with Crippen molar-refractivity contribution >= 4 is 5.96 Å². The van der Waals surface area contributed by atoms with Crippen LogP contribution in [-0.4, -0.2) is 66.5 Å². The van der Waals surface area contributed by atoms with Gasteiger partial charge in [0.25, 0.3) is 10.2 Å². The van der Waals surface area contributed by atoms with Crippen LogP contribution >= 0.6 is 0 Å². The predicted molar refractivity (Wildman–Crippen MR) is 120 cm³/mol. The highest BCUT2D eigenvalue weighted by molar-refractivity contribution is 5.81. The van der Waals surface area contributed by atoms with Crippen LogP contribution in [0.15, 0.2) is 29.3 Å². The van der Waals surface area contributed by atoms with Crippen molar-refractivity contribution in [3.8, 4) is 11.9 Å². The molecule has 1 aliphatic heterocycles. The van der Waals surface area contributed by atoms with Gasteiger partial charge in [-0.2, -0.15) is 5.26 Å². The Morgan fingerprint density at radius 2 is 2.03 bits per heavy atom. The zero-order valence-corrected chi connectivity index (χ0v) is 18.8. The van der Waals surface area contributed by atoms with Gasteiger partial charge in [0, 0.05) is 13.1 Å². The molecule has 0 amide bonds. The van der Waals surface area contributed by atoms with Gasteiger partial charge in [0.1, 0.15) is 12.4 Å². The van der Waals surface area contributed by atoms with E-state index in [1.54, 1.807) is 6.19 Å². The Balaban J connectivity index is 1.75. The molecule has 0 aromatic heterocycles. The Labute approximate surface area is 196 Å². The van der Waals surface area contributed by atoms with Gasteiger partial charge in [-0.05, 0) is 50.0 Å². The van der Waals surface area contributed by atoms with Crippen LogP contribution in [0.1, 0.15) is 31.2 Å². The number of ether oxygens (including phenoxy) is 1. The number of rotatable bonds is 14. The number of piperidine rings is 1. The molecule has 2 N–H and O–H groups in total. The number of hydrogen-bond acceptors (Lipinski definition) is 10. The fraction of sp³-hybridized carbons (Fsp3) is 0.600. The second kappa shape index (κ2) is 15.1. The summed E-state index contributed by atoms with van der Waals surface area (Å²) in [4.78, 5) is 35.6. The number of nitrogens with one attached hydrogen (secondary N) is 2. The van der Waals surface area contributed by atoms with Gasteiger partial charge in [-0.3, -0.25) is 15.2 Å². The van der Waals surface area contributed by atoms with Gasteiger partial charge in [-0.1, -0.05) is 18.6 Å². The zero-order valence-electron chi connectivity index (χ0n) is 18.8. The SMILES string of the molecule is N#CNC(=NCC(CO[N+](=O)[O-])O[N+](=O)[O-])NCCCOc1cccc(CN2CCCCC2)c1. The number of aliphatic imine (C=N–C) groups is 1. The number of nitrogens with zero attached hydrogens (tertiary/aromatic N) is 5. The normalized spacial score (nSPS) is 15.0. The lowest BCUT2D eigenvalue weighted by atomic mass is 10.1. The first-order chi connectivity index (χ1) is 16.5. The summed E-state index contributed by atoms with van der Waals surface area (Å²) in [6, 6.07) is 8.00. The van der Waals surface area contributed by atoms with E-state index in [0.717, 1.165) is 25.4 Å². The second-order valence-electron chi connectivity index (χ2n) is 7.51. The van der Waals surface area contributed by atoms with E-state index in [9.17, 15) is 20.2 Å². The topological polar surface area (TPSA) is 177 Å². The average Bonchev–Trinajstić information content (AvgIpc) is 2.81. The van der Waals surface area contributed by atoms with E-state index in [2.05, 4.69) is 36.3 Å². The second-order valence-corrected chi connectivity index (χ2v) is 7.51. The Bertz CT molecular complexity index is 856. The summed E-state index contributed by atoms with van der Waals surface area (Å²) in [5.41, 5.74) is 1.21. The summed E-state index contributed by atoms with van der Waals surface area (Å²) in [6.07, 6.45) is 4.76. The monoisotopic (exact) mass is 479 g/mol. The van der Waals surface area contributed by atoms with E-state index in [1.807, 2.05) is 18.2 Å². The van der Waals surface area contributed by atoms with Gasteiger partial charge >= 0.3 is 0 Å². The van der Waals surface area contributed by atoms with E-state index in [4.69, 9.17) is 10.00 Å². The molecule has 0 radical (unpaired) electrons. The molecule has 14 nitrogen and oxygen atoms in total. The van der Waals surface area contributed by atoms with Crippen molar-refractivity contribution in [3.63, 3.8) is 0 Å². The number of likely N-dealkylation sites (tertiary alicyclic amines) is 1. The quantitative estimate of drug-likeness (QED) is 0.0746. The lowest BCUT2D eigenvalue weighted by molar-refractivity contribution is -0.789. The molecular weight excluding hydrogens is 450 g/mol. The molecule has 34 heavy (non-hydrogen) atoms. The third kappa shape index (κ3) is 11.1. The van der Waals surface area contributed by atoms with Crippen LogP contribution < -0.4 is 15.4 Å². The molecule has 14 heteroatoms. The van der Waals surface area contributed by atoms with Crippen molar-refractivity contribution in [2.24, 2.45) is 4.99 Å². The van der Waals surface area contributed by atoms with Gasteiger partial charge < -0.3 is 19.7 Å². The fourth-order valence-electron chi connectivity index (χ4n) is 3.35. The fourth-order valence-corrected chi connectivity index (χ4v) is 3.35. The molecule has 0 saturated carbocycles. The highest BCUT2D eigenvalue weighted by Crippen LogP contribution is 2.17. The maximum absolute atomic E-state index is 10.5. The van der Waals surface area contributed by atoms with Crippen molar-refractivity contribution in [3.05, 3.63) is 50.1 Å². The van der Waals surface area contributed by atoms with E-state index < -0.39 is 22.9 Å². The molecule has 1 aromatic carbocycles. The minimum Gasteiger partial charge on any atom is -0.494 e. The first-order valence-corrected chi connectivity index (χ1v) is 10.9. The zero-order chi connectivity index (χ0) is 24.6. The standard InChI is InChI=1S/C20H29N7O7/c21-16-24-20(23-13-19(34-27(30)31)15-33-26(28)29)22-8-5-11-32-18-7-4-6-17(12-18)14-25-9-2-1-3-10-25/h4,6-7,12,19H,1-3,5,8-11,13-15H2,(H2,22,23,24). The van der Waals surface area contributed by atoms with Crippen molar-refractivity contribution in [1.29, 1.82) is 5.26 Å². The van der Waals surface area contributed by atoms with Gasteiger partial charge in [-0.25, -0.2) is 0 Å². The van der Waals surface area contributed by atoms with Crippen LogP contribution in [-0.2, 0) is 16.2 Å². The smallest absolute Gasteiger partial charge is 0.294 e. The van der Waals surface area contributed by atoms with Crippen LogP contribution in [0.4, 0.5) is 0 Å². The Morgan fingerprint density at radius 1 is 1.24 bits per heavy atom. The number of hydrogen-bond donors (Lipinski definition) is 2. The highest BCUT2D eigenvalue weighted by atomic mass is 17.0. The van der Waals surface area contributed by atoms with Crippen LogP contribution in [0, 0.1) is 31.7 Å². The third-order valence-electron chi connectivity index (χ3n) is 4.86. The molecule has 186 valence electrons. The van der Waals surface area contributed by atoms with Crippen LogP contribution in [0.5, 0.6) is 5.75 Å². The Hall–Kier alpha value is -3.86. The molecule has 1 aromatic rings. The van der Waals surface area contributed by atoms with E-state index in [1.165, 1.54) is 24.8 Å². The van der Waals surface area contributed by atoms with Crippen molar-refractivity contribution < 1.29 is 24.6 Å². The summed E-state index contributed by atoms with van der Waals surface area (Å²) in [7, 11) is 0. The maximum atomic E-state index is 10.5. The summed E-state index contributed by atoms with van der Waals surface area (Å²) in [5, 5.41) is 32.7. The van der Waals surface area contributed by atoms with Gasteiger partial charge in [0.2, 0.25) is 5.96 Å².